The minimum atomic E-state index is -0.669. The predicted molar refractivity (Wildman–Crippen MR) is 61.3 cm³/mol. The van der Waals surface area contributed by atoms with E-state index >= 15 is 0 Å². The topological polar surface area (TPSA) is 55.8 Å². The molecule has 1 aliphatic rings. The first-order chi connectivity index (χ1) is 8.16. The molecule has 0 bridgehead atoms. The third kappa shape index (κ3) is 3.05. The average Bonchev–Trinajstić information content (AvgIpc) is 2.32. The zero-order valence-electron chi connectivity index (χ0n) is 9.70. The number of hydrogen-bond donors (Lipinski definition) is 1. The highest BCUT2D eigenvalue weighted by Crippen LogP contribution is 2.29. The lowest BCUT2D eigenvalue weighted by Gasteiger charge is -2.32. The largest absolute Gasteiger partial charge is 0.457 e. The lowest BCUT2D eigenvalue weighted by atomic mass is 9.98. The van der Waals surface area contributed by atoms with Crippen molar-refractivity contribution in [3.05, 3.63) is 35.9 Å². The van der Waals surface area contributed by atoms with Gasteiger partial charge in [0.2, 0.25) is 0 Å². The maximum absolute atomic E-state index is 10.8. The normalized spacial score (nSPS) is 28.7. The molecule has 1 aromatic rings. The van der Waals surface area contributed by atoms with Gasteiger partial charge in [-0.2, -0.15) is 0 Å². The van der Waals surface area contributed by atoms with Crippen molar-refractivity contribution in [2.45, 2.75) is 31.7 Å². The minimum Gasteiger partial charge on any atom is -0.457 e. The fourth-order valence-corrected chi connectivity index (χ4v) is 1.99. The molecule has 0 amide bonds. The average molecular weight is 236 g/mol. The Morgan fingerprint density at radius 1 is 1.41 bits per heavy atom. The van der Waals surface area contributed by atoms with Crippen LogP contribution in [0.2, 0.25) is 0 Å². The van der Waals surface area contributed by atoms with Gasteiger partial charge in [-0.05, 0) is 5.56 Å². The number of hydrogen-bond acceptors (Lipinski definition) is 4. The number of aliphatic hydroxyl groups is 1. The molecule has 1 aromatic carbocycles. The molecule has 3 atom stereocenters. The maximum atomic E-state index is 10.8. The fraction of sp³-hybridized carbons (Fsp3) is 0.462. The Kier molecular flexibility index (Phi) is 3.76. The summed E-state index contributed by atoms with van der Waals surface area (Å²) in [7, 11) is 0. The fourth-order valence-electron chi connectivity index (χ4n) is 1.99. The molecule has 0 radical (unpaired) electrons. The summed E-state index contributed by atoms with van der Waals surface area (Å²) in [6.07, 6.45) is -0.898. The summed E-state index contributed by atoms with van der Waals surface area (Å²) >= 11 is 0. The van der Waals surface area contributed by atoms with Gasteiger partial charge in [-0.3, -0.25) is 4.79 Å². The summed E-state index contributed by atoms with van der Waals surface area (Å²) in [5.74, 6) is -0.393. The van der Waals surface area contributed by atoms with E-state index in [4.69, 9.17) is 9.47 Å². The van der Waals surface area contributed by atoms with E-state index in [1.807, 2.05) is 30.3 Å². The van der Waals surface area contributed by atoms with Gasteiger partial charge in [-0.15, -0.1) is 0 Å². The van der Waals surface area contributed by atoms with E-state index in [0.29, 0.717) is 6.42 Å². The molecular formula is C13H16O4. The molecule has 0 aromatic heterocycles. The van der Waals surface area contributed by atoms with Crippen molar-refractivity contribution in [1.29, 1.82) is 0 Å². The van der Waals surface area contributed by atoms with Gasteiger partial charge in [0.25, 0.3) is 0 Å². The maximum Gasteiger partial charge on any atom is 0.303 e. The Bertz CT molecular complexity index is 376. The third-order valence-electron chi connectivity index (χ3n) is 2.84. The zero-order valence-corrected chi connectivity index (χ0v) is 9.70. The number of esters is 1. The molecule has 0 unspecified atom stereocenters. The lowest BCUT2D eigenvalue weighted by molar-refractivity contribution is -0.173. The Morgan fingerprint density at radius 3 is 2.71 bits per heavy atom. The van der Waals surface area contributed by atoms with Crippen LogP contribution in [0.5, 0.6) is 0 Å². The van der Waals surface area contributed by atoms with Crippen LogP contribution in [0, 0.1) is 0 Å². The summed E-state index contributed by atoms with van der Waals surface area (Å²) in [4.78, 5) is 10.8. The predicted octanol–water partition coefficient (Wildman–Crippen LogP) is 1.44. The standard InChI is InChI=1S/C13H16O4/c1-9(14)17-13-8-16-12(7-11(13)15)10-5-3-2-4-6-10/h2-6,11-13,15H,7-8H2,1H3/t11-,12+,13-/m1/s1. The first kappa shape index (κ1) is 12.1. The number of rotatable bonds is 2. The van der Waals surface area contributed by atoms with Crippen molar-refractivity contribution in [2.75, 3.05) is 6.61 Å². The molecule has 0 aliphatic carbocycles. The molecule has 1 N–H and O–H groups in total. The van der Waals surface area contributed by atoms with E-state index in [1.165, 1.54) is 6.92 Å². The summed E-state index contributed by atoms with van der Waals surface area (Å²) in [5.41, 5.74) is 1.04. The third-order valence-corrected chi connectivity index (χ3v) is 2.84. The van der Waals surface area contributed by atoms with E-state index in [9.17, 15) is 9.90 Å². The van der Waals surface area contributed by atoms with Gasteiger partial charge in [0, 0.05) is 13.3 Å². The van der Waals surface area contributed by atoms with Crippen molar-refractivity contribution in [3.63, 3.8) is 0 Å². The van der Waals surface area contributed by atoms with Crippen LogP contribution in [-0.4, -0.2) is 29.9 Å². The molecule has 2 rings (SSSR count). The molecule has 0 spiro atoms. The van der Waals surface area contributed by atoms with Crippen molar-refractivity contribution < 1.29 is 19.4 Å². The van der Waals surface area contributed by atoms with Crippen LogP contribution in [0.25, 0.3) is 0 Å². The number of carbonyl (C=O) groups excluding carboxylic acids is 1. The van der Waals surface area contributed by atoms with E-state index in [0.717, 1.165) is 5.56 Å². The van der Waals surface area contributed by atoms with Gasteiger partial charge in [-0.25, -0.2) is 0 Å². The molecule has 1 saturated heterocycles. The zero-order chi connectivity index (χ0) is 12.3. The number of ether oxygens (including phenoxy) is 2. The van der Waals surface area contributed by atoms with Gasteiger partial charge < -0.3 is 14.6 Å². The number of benzene rings is 1. The Hall–Kier alpha value is -1.39. The van der Waals surface area contributed by atoms with Crippen LogP contribution in [0.4, 0.5) is 0 Å². The van der Waals surface area contributed by atoms with Crippen LogP contribution in [0.1, 0.15) is 25.0 Å². The molecule has 1 heterocycles. The van der Waals surface area contributed by atoms with Gasteiger partial charge in [0.15, 0.2) is 6.10 Å². The lowest BCUT2D eigenvalue weighted by Crippen LogP contribution is -2.40. The van der Waals surface area contributed by atoms with Crippen molar-refractivity contribution in [3.8, 4) is 0 Å². The number of carbonyl (C=O) groups is 1. The van der Waals surface area contributed by atoms with Crippen LogP contribution < -0.4 is 0 Å². The first-order valence-corrected chi connectivity index (χ1v) is 5.68. The SMILES string of the molecule is CC(=O)O[C@@H]1CO[C@H](c2ccccc2)C[C@H]1O. The molecule has 1 fully saturated rings. The Labute approximate surface area is 100 Å². The van der Waals surface area contributed by atoms with E-state index in [-0.39, 0.29) is 12.7 Å². The molecule has 0 saturated carbocycles. The molecular weight excluding hydrogens is 220 g/mol. The van der Waals surface area contributed by atoms with Gasteiger partial charge >= 0.3 is 5.97 Å². The highest BCUT2D eigenvalue weighted by Gasteiger charge is 2.32. The second-order valence-corrected chi connectivity index (χ2v) is 4.18. The van der Waals surface area contributed by atoms with E-state index in [2.05, 4.69) is 0 Å². The monoisotopic (exact) mass is 236 g/mol. The Balaban J connectivity index is 1.97. The van der Waals surface area contributed by atoms with Gasteiger partial charge in [0.05, 0.1) is 18.8 Å². The minimum absolute atomic E-state index is 0.127. The Morgan fingerprint density at radius 2 is 2.12 bits per heavy atom. The molecule has 4 nitrogen and oxygen atoms in total. The molecule has 17 heavy (non-hydrogen) atoms. The number of aliphatic hydroxyl groups excluding tert-OH is 1. The van der Waals surface area contributed by atoms with E-state index < -0.39 is 18.2 Å². The smallest absolute Gasteiger partial charge is 0.303 e. The second-order valence-electron chi connectivity index (χ2n) is 4.18. The summed E-state index contributed by atoms with van der Waals surface area (Å²) in [6.45, 7) is 1.57. The van der Waals surface area contributed by atoms with Crippen molar-refractivity contribution in [2.24, 2.45) is 0 Å². The van der Waals surface area contributed by atoms with Crippen molar-refractivity contribution >= 4 is 5.97 Å². The van der Waals surface area contributed by atoms with Gasteiger partial charge in [-0.1, -0.05) is 30.3 Å². The highest BCUT2D eigenvalue weighted by molar-refractivity contribution is 5.66. The van der Waals surface area contributed by atoms with Crippen LogP contribution in [0.3, 0.4) is 0 Å². The summed E-state index contributed by atoms with van der Waals surface area (Å²) in [6, 6.07) is 9.73. The first-order valence-electron chi connectivity index (χ1n) is 5.68. The van der Waals surface area contributed by atoms with Crippen molar-refractivity contribution in [1.82, 2.24) is 0 Å². The summed E-state index contributed by atoms with van der Waals surface area (Å²) < 4.78 is 10.6. The van der Waals surface area contributed by atoms with Crippen LogP contribution >= 0.6 is 0 Å². The van der Waals surface area contributed by atoms with E-state index in [1.54, 1.807) is 0 Å². The summed E-state index contributed by atoms with van der Waals surface area (Å²) in [5, 5.41) is 9.89. The van der Waals surface area contributed by atoms with Gasteiger partial charge in [0.1, 0.15) is 0 Å². The highest BCUT2D eigenvalue weighted by atomic mass is 16.6. The van der Waals surface area contributed by atoms with Crippen LogP contribution in [0.15, 0.2) is 30.3 Å². The molecule has 4 heteroatoms. The molecule has 92 valence electrons. The quantitative estimate of drug-likeness (QED) is 0.789. The molecule has 1 aliphatic heterocycles. The van der Waals surface area contributed by atoms with Crippen LogP contribution in [-0.2, 0) is 14.3 Å². The second kappa shape index (κ2) is 5.29.